The highest BCUT2D eigenvalue weighted by molar-refractivity contribution is 6.01. The number of piperazine rings is 1. The van der Waals surface area contributed by atoms with Crippen LogP contribution in [0.1, 0.15) is 64.8 Å². The van der Waals surface area contributed by atoms with E-state index in [1.165, 1.54) is 0 Å². The molecule has 0 atom stereocenters. The smallest absolute Gasteiger partial charge is 0.253 e. The molecule has 0 spiro atoms. The van der Waals surface area contributed by atoms with E-state index in [0.717, 1.165) is 44.2 Å². The molecule has 2 aromatic carbocycles. The second kappa shape index (κ2) is 11.2. The van der Waals surface area contributed by atoms with Gasteiger partial charge in [-0.1, -0.05) is 0 Å². The van der Waals surface area contributed by atoms with Gasteiger partial charge in [-0.3, -0.25) is 14.4 Å². The number of anilines is 2. The Morgan fingerprint density at radius 2 is 1.53 bits per heavy atom. The van der Waals surface area contributed by atoms with E-state index in [2.05, 4.69) is 21.6 Å². The second-order valence-corrected chi connectivity index (χ2v) is 10.5. The minimum absolute atomic E-state index is 0.0142. The van der Waals surface area contributed by atoms with Crippen molar-refractivity contribution in [2.45, 2.75) is 50.6 Å². The van der Waals surface area contributed by atoms with Gasteiger partial charge in [-0.2, -0.15) is 5.26 Å². The van der Waals surface area contributed by atoms with Gasteiger partial charge < -0.3 is 26.2 Å². The van der Waals surface area contributed by atoms with Gasteiger partial charge in [0.1, 0.15) is 0 Å². The zero-order valence-corrected chi connectivity index (χ0v) is 21.5. The first-order valence-corrected chi connectivity index (χ1v) is 13.5. The first kappa shape index (κ1) is 25.7. The lowest BCUT2D eigenvalue weighted by atomic mass is 9.91. The maximum absolute atomic E-state index is 13.0. The van der Waals surface area contributed by atoms with Crippen molar-refractivity contribution in [3.05, 3.63) is 59.2 Å². The molecule has 198 valence electrons. The Morgan fingerprint density at radius 3 is 2.16 bits per heavy atom. The minimum Gasteiger partial charge on any atom is -0.366 e. The molecule has 0 unspecified atom stereocenters. The average Bonchev–Trinajstić information content (AvgIpc) is 3.80. The van der Waals surface area contributed by atoms with Crippen LogP contribution in [0.25, 0.3) is 0 Å². The van der Waals surface area contributed by atoms with Crippen molar-refractivity contribution < 1.29 is 14.4 Å². The topological polar surface area (TPSA) is 132 Å². The number of benzene rings is 2. The Labute approximate surface area is 223 Å². The number of nitrogens with one attached hydrogen (secondary N) is 2. The van der Waals surface area contributed by atoms with Gasteiger partial charge in [-0.25, -0.2) is 0 Å². The number of hydrogen-bond acceptors (Lipinski definition) is 6. The van der Waals surface area contributed by atoms with E-state index in [4.69, 9.17) is 11.0 Å². The monoisotopic (exact) mass is 514 g/mol. The van der Waals surface area contributed by atoms with Crippen molar-refractivity contribution in [3.8, 4) is 6.07 Å². The number of carbonyl (C=O) groups is 3. The van der Waals surface area contributed by atoms with Crippen molar-refractivity contribution in [2.75, 3.05) is 36.4 Å². The standard InChI is InChI=1S/C29H34N6O3/c30-18-19-1-3-21(4-2-19)29(38)35-15-13-34(14-16-35)26-12-7-22(17-25(26)33-27(36)20-5-6-20)28(37)32-24-10-8-23(31)9-11-24/h1-4,7,12,17,20,23-24H,5-6,8-11,13-16,31H2,(H,32,37)(H,33,36). The molecular formula is C29H34N6O3. The lowest BCUT2D eigenvalue weighted by Crippen LogP contribution is -2.49. The summed E-state index contributed by atoms with van der Waals surface area (Å²) < 4.78 is 0. The van der Waals surface area contributed by atoms with Crippen LogP contribution in [0.5, 0.6) is 0 Å². The summed E-state index contributed by atoms with van der Waals surface area (Å²) in [4.78, 5) is 42.6. The molecule has 0 bridgehead atoms. The average molecular weight is 515 g/mol. The molecule has 4 N–H and O–H groups in total. The van der Waals surface area contributed by atoms with E-state index >= 15 is 0 Å². The number of nitriles is 1. The van der Waals surface area contributed by atoms with Crippen LogP contribution in [-0.4, -0.2) is 60.9 Å². The summed E-state index contributed by atoms with van der Waals surface area (Å²) in [7, 11) is 0. The number of rotatable bonds is 6. The Bertz CT molecular complexity index is 1230. The normalized spacial score (nSPS) is 21.4. The fourth-order valence-corrected chi connectivity index (χ4v) is 5.19. The van der Waals surface area contributed by atoms with Gasteiger partial charge in [-0.05, 0) is 81.0 Å². The van der Waals surface area contributed by atoms with Gasteiger partial charge in [0.25, 0.3) is 11.8 Å². The summed E-state index contributed by atoms with van der Waals surface area (Å²) in [6.07, 6.45) is 5.35. The third kappa shape index (κ3) is 5.97. The summed E-state index contributed by atoms with van der Waals surface area (Å²) in [5, 5.41) is 15.2. The van der Waals surface area contributed by atoms with Crippen molar-refractivity contribution >= 4 is 29.1 Å². The lowest BCUT2D eigenvalue weighted by Gasteiger charge is -2.37. The molecule has 0 aromatic heterocycles. The SMILES string of the molecule is N#Cc1ccc(C(=O)N2CCN(c3ccc(C(=O)NC4CCC(N)CC4)cc3NC(=O)C3CC3)CC2)cc1. The molecule has 5 rings (SSSR count). The number of carbonyl (C=O) groups excluding carboxylic acids is 3. The van der Waals surface area contributed by atoms with Crippen molar-refractivity contribution in [2.24, 2.45) is 11.7 Å². The highest BCUT2D eigenvalue weighted by Crippen LogP contribution is 2.34. The molecule has 1 saturated heterocycles. The molecule has 3 fully saturated rings. The molecular weight excluding hydrogens is 480 g/mol. The molecule has 9 heteroatoms. The Morgan fingerprint density at radius 1 is 0.868 bits per heavy atom. The minimum atomic E-state index is -0.142. The maximum Gasteiger partial charge on any atom is 0.253 e. The van der Waals surface area contributed by atoms with Gasteiger partial charge in [0.2, 0.25) is 5.91 Å². The van der Waals surface area contributed by atoms with Crippen LogP contribution >= 0.6 is 0 Å². The third-order valence-corrected chi connectivity index (χ3v) is 7.74. The van der Waals surface area contributed by atoms with Crippen LogP contribution in [0.4, 0.5) is 11.4 Å². The third-order valence-electron chi connectivity index (χ3n) is 7.74. The number of amides is 3. The van der Waals surface area contributed by atoms with Crippen molar-refractivity contribution in [1.29, 1.82) is 5.26 Å². The molecule has 9 nitrogen and oxygen atoms in total. The lowest BCUT2D eigenvalue weighted by molar-refractivity contribution is -0.117. The van der Waals surface area contributed by atoms with E-state index in [1.807, 2.05) is 6.07 Å². The highest BCUT2D eigenvalue weighted by atomic mass is 16.2. The second-order valence-electron chi connectivity index (χ2n) is 10.5. The Hall–Kier alpha value is -3.90. The maximum atomic E-state index is 13.0. The summed E-state index contributed by atoms with van der Waals surface area (Å²) in [6, 6.07) is 14.5. The summed E-state index contributed by atoms with van der Waals surface area (Å²) in [5.74, 6) is -0.183. The van der Waals surface area contributed by atoms with Crippen LogP contribution in [0.3, 0.4) is 0 Å². The quantitative estimate of drug-likeness (QED) is 0.543. The predicted molar refractivity (Wildman–Crippen MR) is 145 cm³/mol. The number of nitrogens with zero attached hydrogens (tertiary/aromatic N) is 3. The molecule has 1 heterocycles. The van der Waals surface area contributed by atoms with E-state index < -0.39 is 0 Å². The number of hydrogen-bond donors (Lipinski definition) is 3. The molecule has 3 amide bonds. The van der Waals surface area contributed by atoms with Gasteiger partial charge in [0, 0.05) is 55.3 Å². The zero-order chi connectivity index (χ0) is 26.6. The van der Waals surface area contributed by atoms with Gasteiger partial charge >= 0.3 is 0 Å². The van der Waals surface area contributed by atoms with Crippen LogP contribution in [-0.2, 0) is 4.79 Å². The molecule has 1 aliphatic heterocycles. The summed E-state index contributed by atoms with van der Waals surface area (Å²) in [6.45, 7) is 2.26. The molecule has 2 aliphatic carbocycles. The van der Waals surface area contributed by atoms with E-state index in [-0.39, 0.29) is 35.7 Å². The van der Waals surface area contributed by atoms with Crippen LogP contribution in [0.15, 0.2) is 42.5 Å². The Kier molecular flexibility index (Phi) is 7.61. The zero-order valence-electron chi connectivity index (χ0n) is 21.5. The molecule has 2 aromatic rings. The fourth-order valence-electron chi connectivity index (χ4n) is 5.19. The fraction of sp³-hybridized carbons (Fsp3) is 0.448. The van der Waals surface area contributed by atoms with E-state index in [0.29, 0.717) is 48.6 Å². The van der Waals surface area contributed by atoms with Gasteiger partial charge in [0.15, 0.2) is 0 Å². The van der Waals surface area contributed by atoms with Crippen LogP contribution < -0.4 is 21.3 Å². The van der Waals surface area contributed by atoms with Crippen molar-refractivity contribution in [1.82, 2.24) is 10.2 Å². The van der Waals surface area contributed by atoms with E-state index in [9.17, 15) is 14.4 Å². The highest BCUT2D eigenvalue weighted by Gasteiger charge is 2.31. The van der Waals surface area contributed by atoms with Crippen LogP contribution in [0, 0.1) is 17.2 Å². The first-order chi connectivity index (χ1) is 18.4. The van der Waals surface area contributed by atoms with E-state index in [1.54, 1.807) is 41.3 Å². The number of nitrogens with two attached hydrogens (primary N) is 1. The Balaban J connectivity index is 1.27. The largest absolute Gasteiger partial charge is 0.366 e. The van der Waals surface area contributed by atoms with Gasteiger partial charge in [0.05, 0.1) is 23.0 Å². The molecule has 38 heavy (non-hydrogen) atoms. The first-order valence-electron chi connectivity index (χ1n) is 13.5. The molecule has 3 aliphatic rings. The summed E-state index contributed by atoms with van der Waals surface area (Å²) in [5.41, 5.74) is 9.08. The predicted octanol–water partition coefficient (Wildman–Crippen LogP) is 2.87. The molecule has 2 saturated carbocycles. The van der Waals surface area contributed by atoms with Crippen LogP contribution in [0.2, 0.25) is 0 Å². The summed E-state index contributed by atoms with van der Waals surface area (Å²) >= 11 is 0. The van der Waals surface area contributed by atoms with Gasteiger partial charge in [-0.15, -0.1) is 0 Å². The molecule has 0 radical (unpaired) electrons. The van der Waals surface area contributed by atoms with Crippen molar-refractivity contribution in [3.63, 3.8) is 0 Å².